The maximum Gasteiger partial charge on any atom is 0.137 e. The van der Waals surface area contributed by atoms with Crippen LogP contribution >= 0.6 is 0 Å². The van der Waals surface area contributed by atoms with Crippen LogP contribution in [0.25, 0.3) is 0 Å². The molecule has 5 nitrogen and oxygen atoms in total. The lowest BCUT2D eigenvalue weighted by Gasteiger charge is -2.34. The fraction of sp³-hybridized carbons (Fsp3) is 0.556. The molecule has 1 aliphatic heterocycles. The normalized spacial score (nSPS) is 20.6. The van der Waals surface area contributed by atoms with Crippen molar-refractivity contribution in [2.24, 2.45) is 5.92 Å². The molecular formula is C18H26N4O. The molecule has 0 bridgehead atoms. The smallest absolute Gasteiger partial charge is 0.137 e. The summed E-state index contributed by atoms with van der Waals surface area (Å²) in [6.45, 7) is 7.90. The van der Waals surface area contributed by atoms with Gasteiger partial charge in [0.15, 0.2) is 0 Å². The van der Waals surface area contributed by atoms with E-state index in [0.29, 0.717) is 12.5 Å². The Morgan fingerprint density at radius 2 is 2.17 bits per heavy atom. The van der Waals surface area contributed by atoms with E-state index in [4.69, 9.17) is 0 Å². The molecule has 5 heteroatoms. The molecule has 2 aromatic rings. The summed E-state index contributed by atoms with van der Waals surface area (Å²) in [4.78, 5) is 6.39. The van der Waals surface area contributed by atoms with Gasteiger partial charge in [-0.3, -0.25) is 4.68 Å². The minimum Gasteiger partial charge on any atom is -0.387 e. The maximum absolute atomic E-state index is 10.6. The van der Waals surface area contributed by atoms with Crippen LogP contribution in [0.5, 0.6) is 0 Å². The maximum atomic E-state index is 10.6. The highest BCUT2D eigenvalue weighted by Crippen LogP contribution is 2.22. The Morgan fingerprint density at radius 1 is 1.30 bits per heavy atom. The van der Waals surface area contributed by atoms with Crippen LogP contribution in [-0.4, -0.2) is 44.4 Å². The van der Waals surface area contributed by atoms with Crippen molar-refractivity contribution in [1.29, 1.82) is 0 Å². The Labute approximate surface area is 138 Å². The number of piperidine rings is 1. The third kappa shape index (κ3) is 4.18. The molecule has 0 spiro atoms. The molecule has 0 amide bonds. The number of aliphatic hydroxyl groups is 1. The zero-order valence-corrected chi connectivity index (χ0v) is 14.0. The number of rotatable bonds is 5. The molecule has 124 valence electrons. The van der Waals surface area contributed by atoms with Crippen LogP contribution in [0.2, 0.25) is 0 Å². The van der Waals surface area contributed by atoms with Crippen LogP contribution in [0.4, 0.5) is 0 Å². The second kappa shape index (κ2) is 7.23. The number of benzene rings is 1. The number of nitrogens with zero attached hydrogens (tertiary/aromatic N) is 4. The summed E-state index contributed by atoms with van der Waals surface area (Å²) in [6, 6.07) is 6.25. The highest BCUT2D eigenvalue weighted by Gasteiger charge is 2.23. The van der Waals surface area contributed by atoms with Crippen molar-refractivity contribution in [3.63, 3.8) is 0 Å². The summed E-state index contributed by atoms with van der Waals surface area (Å²) >= 11 is 0. The molecule has 1 aromatic heterocycles. The molecule has 0 aliphatic carbocycles. The van der Waals surface area contributed by atoms with E-state index in [1.807, 2.05) is 10.7 Å². The fourth-order valence-electron chi connectivity index (χ4n) is 3.38. The molecule has 3 rings (SSSR count). The monoisotopic (exact) mass is 314 g/mol. The second-order valence-electron chi connectivity index (χ2n) is 6.74. The van der Waals surface area contributed by atoms with Crippen LogP contribution in [-0.2, 0) is 6.54 Å². The number of hydrogen-bond acceptors (Lipinski definition) is 4. The van der Waals surface area contributed by atoms with Crippen molar-refractivity contribution in [1.82, 2.24) is 19.7 Å². The fourth-order valence-corrected chi connectivity index (χ4v) is 3.38. The molecule has 2 atom stereocenters. The van der Waals surface area contributed by atoms with Gasteiger partial charge in [-0.05, 0) is 55.8 Å². The topological polar surface area (TPSA) is 54.2 Å². The Bertz CT molecular complexity index is 626. The van der Waals surface area contributed by atoms with E-state index in [2.05, 4.69) is 41.0 Å². The number of aromatic nitrogens is 3. The number of hydrogen-bond donors (Lipinski definition) is 1. The Kier molecular flexibility index (Phi) is 5.08. The highest BCUT2D eigenvalue weighted by molar-refractivity contribution is 5.31. The molecule has 2 heterocycles. The highest BCUT2D eigenvalue weighted by atomic mass is 16.3. The zero-order chi connectivity index (χ0) is 16.2. The number of likely N-dealkylation sites (tertiary alicyclic amines) is 1. The first kappa shape index (κ1) is 16.1. The van der Waals surface area contributed by atoms with Gasteiger partial charge in [0.2, 0.25) is 0 Å². The van der Waals surface area contributed by atoms with Crippen molar-refractivity contribution in [2.45, 2.75) is 39.3 Å². The lowest BCUT2D eigenvalue weighted by Crippen LogP contribution is -2.39. The Balaban J connectivity index is 1.57. The molecule has 0 saturated carbocycles. The molecule has 1 saturated heterocycles. The number of β-amino-alcohol motifs (C(OH)–C–C–N with tert-alkyl or cyclic N) is 1. The first-order valence-electron chi connectivity index (χ1n) is 8.42. The van der Waals surface area contributed by atoms with Crippen LogP contribution in [0.3, 0.4) is 0 Å². The molecular weight excluding hydrogens is 288 g/mol. The van der Waals surface area contributed by atoms with Gasteiger partial charge in [0, 0.05) is 19.6 Å². The van der Waals surface area contributed by atoms with E-state index in [9.17, 15) is 5.11 Å². The van der Waals surface area contributed by atoms with Crippen molar-refractivity contribution >= 4 is 0 Å². The van der Waals surface area contributed by atoms with Crippen LogP contribution < -0.4 is 0 Å². The van der Waals surface area contributed by atoms with E-state index >= 15 is 0 Å². The summed E-state index contributed by atoms with van der Waals surface area (Å²) in [6.07, 6.45) is 5.35. The Morgan fingerprint density at radius 3 is 2.91 bits per heavy atom. The Hall–Kier alpha value is -1.72. The second-order valence-corrected chi connectivity index (χ2v) is 6.74. The van der Waals surface area contributed by atoms with Crippen molar-refractivity contribution in [3.8, 4) is 0 Å². The summed E-state index contributed by atoms with van der Waals surface area (Å²) in [5, 5.41) is 14.8. The van der Waals surface area contributed by atoms with E-state index in [1.165, 1.54) is 24.0 Å². The predicted molar refractivity (Wildman–Crippen MR) is 90.1 cm³/mol. The van der Waals surface area contributed by atoms with Gasteiger partial charge < -0.3 is 10.0 Å². The van der Waals surface area contributed by atoms with Crippen molar-refractivity contribution < 1.29 is 5.11 Å². The van der Waals surface area contributed by atoms with Crippen LogP contribution in [0.15, 0.2) is 30.9 Å². The van der Waals surface area contributed by atoms with Crippen LogP contribution in [0, 0.1) is 19.8 Å². The molecule has 0 unspecified atom stereocenters. The molecule has 0 radical (unpaired) electrons. The van der Waals surface area contributed by atoms with Gasteiger partial charge in [-0.25, -0.2) is 4.98 Å². The SMILES string of the molecule is Cc1ccc([C@H](O)CN2CCC[C@H](Cn3cncn3)C2)cc1C. The minimum absolute atomic E-state index is 0.417. The molecule has 1 aromatic carbocycles. The van der Waals surface area contributed by atoms with E-state index < -0.39 is 6.10 Å². The van der Waals surface area contributed by atoms with Gasteiger partial charge in [0.05, 0.1) is 6.10 Å². The van der Waals surface area contributed by atoms with E-state index in [-0.39, 0.29) is 0 Å². The average Bonchev–Trinajstić information content (AvgIpc) is 3.03. The molecule has 23 heavy (non-hydrogen) atoms. The van der Waals surface area contributed by atoms with Gasteiger partial charge in [-0.15, -0.1) is 0 Å². The molecule has 1 fully saturated rings. The average molecular weight is 314 g/mol. The van der Waals surface area contributed by atoms with Crippen molar-refractivity contribution in [2.75, 3.05) is 19.6 Å². The summed E-state index contributed by atoms with van der Waals surface area (Å²) in [5.74, 6) is 0.581. The van der Waals surface area contributed by atoms with E-state index in [0.717, 1.165) is 25.2 Å². The summed E-state index contributed by atoms with van der Waals surface area (Å²) in [5.41, 5.74) is 3.53. The summed E-state index contributed by atoms with van der Waals surface area (Å²) < 4.78 is 1.91. The lowest BCUT2D eigenvalue weighted by molar-refractivity contribution is 0.0799. The number of aryl methyl sites for hydroxylation is 2. The zero-order valence-electron chi connectivity index (χ0n) is 14.0. The third-order valence-electron chi connectivity index (χ3n) is 4.86. The third-order valence-corrected chi connectivity index (χ3v) is 4.86. The first-order valence-corrected chi connectivity index (χ1v) is 8.42. The lowest BCUT2D eigenvalue weighted by atomic mass is 9.96. The van der Waals surface area contributed by atoms with Gasteiger partial charge in [0.1, 0.15) is 12.7 Å². The quantitative estimate of drug-likeness (QED) is 0.920. The largest absolute Gasteiger partial charge is 0.387 e. The predicted octanol–water partition coefficient (Wildman–Crippen LogP) is 2.34. The van der Waals surface area contributed by atoms with Crippen molar-refractivity contribution in [3.05, 3.63) is 47.5 Å². The van der Waals surface area contributed by atoms with Gasteiger partial charge in [-0.1, -0.05) is 18.2 Å². The minimum atomic E-state index is -0.417. The van der Waals surface area contributed by atoms with Crippen LogP contribution in [0.1, 0.15) is 35.6 Å². The van der Waals surface area contributed by atoms with Gasteiger partial charge in [0.25, 0.3) is 0 Å². The standard InChI is InChI=1S/C18H26N4O/c1-14-5-6-17(8-15(14)2)18(23)11-21-7-3-4-16(9-21)10-22-13-19-12-20-22/h5-6,8,12-13,16,18,23H,3-4,7,9-11H2,1-2H3/t16-,18+/m0/s1. The summed E-state index contributed by atoms with van der Waals surface area (Å²) in [7, 11) is 0. The van der Waals surface area contributed by atoms with E-state index in [1.54, 1.807) is 12.7 Å². The molecule has 1 N–H and O–H groups in total. The molecule has 1 aliphatic rings. The van der Waals surface area contributed by atoms with Gasteiger partial charge in [-0.2, -0.15) is 5.10 Å². The number of aliphatic hydroxyl groups excluding tert-OH is 1. The van der Waals surface area contributed by atoms with Gasteiger partial charge >= 0.3 is 0 Å². The first-order chi connectivity index (χ1) is 11.1.